The van der Waals surface area contributed by atoms with Gasteiger partial charge in [0, 0.05) is 27.8 Å². The van der Waals surface area contributed by atoms with E-state index in [2.05, 4.69) is 5.10 Å². The average molecular weight is 447 g/mol. The summed E-state index contributed by atoms with van der Waals surface area (Å²) in [5.74, 6) is 1.55. The molecule has 1 heterocycles. The van der Waals surface area contributed by atoms with Gasteiger partial charge in [0.2, 0.25) is 0 Å². The van der Waals surface area contributed by atoms with Crippen LogP contribution >= 0.6 is 23.4 Å². The SMILES string of the molecule is COc1cc(-n2ncc(CSc3ccc(Cl)cc3)cc2=O)ccc1OCC(C)(C)O. The number of rotatable bonds is 8. The van der Waals surface area contributed by atoms with Crippen LogP contribution in [0.25, 0.3) is 5.69 Å². The van der Waals surface area contributed by atoms with E-state index >= 15 is 0 Å². The molecule has 0 unspecified atom stereocenters. The zero-order chi connectivity index (χ0) is 21.7. The molecule has 3 aromatic rings. The van der Waals surface area contributed by atoms with Gasteiger partial charge in [-0.1, -0.05) is 11.6 Å². The molecule has 0 aliphatic rings. The molecule has 158 valence electrons. The highest BCUT2D eigenvalue weighted by atomic mass is 35.5. The molecule has 0 spiro atoms. The topological polar surface area (TPSA) is 73.6 Å². The van der Waals surface area contributed by atoms with Gasteiger partial charge < -0.3 is 14.6 Å². The smallest absolute Gasteiger partial charge is 0.271 e. The van der Waals surface area contributed by atoms with Gasteiger partial charge in [-0.25, -0.2) is 0 Å². The molecule has 6 nitrogen and oxygen atoms in total. The van der Waals surface area contributed by atoms with E-state index in [-0.39, 0.29) is 12.2 Å². The van der Waals surface area contributed by atoms with Gasteiger partial charge in [0.25, 0.3) is 5.56 Å². The fraction of sp³-hybridized carbons (Fsp3) is 0.273. The Bertz CT molecular complexity index is 1060. The quantitative estimate of drug-likeness (QED) is 0.519. The van der Waals surface area contributed by atoms with Gasteiger partial charge in [-0.2, -0.15) is 9.78 Å². The first-order valence-electron chi connectivity index (χ1n) is 9.25. The summed E-state index contributed by atoms with van der Waals surface area (Å²) < 4.78 is 12.3. The number of hydrogen-bond acceptors (Lipinski definition) is 6. The Hall–Kier alpha value is -2.48. The fourth-order valence-corrected chi connectivity index (χ4v) is 3.52. The van der Waals surface area contributed by atoms with Gasteiger partial charge in [-0.05, 0) is 55.8 Å². The van der Waals surface area contributed by atoms with Crippen molar-refractivity contribution in [2.75, 3.05) is 13.7 Å². The van der Waals surface area contributed by atoms with Gasteiger partial charge >= 0.3 is 0 Å². The summed E-state index contributed by atoms with van der Waals surface area (Å²) in [5, 5.41) is 14.8. The highest BCUT2D eigenvalue weighted by Crippen LogP contribution is 2.30. The van der Waals surface area contributed by atoms with Crippen molar-refractivity contribution in [3.05, 3.63) is 75.7 Å². The summed E-state index contributed by atoms with van der Waals surface area (Å²) in [4.78, 5) is 13.7. The van der Waals surface area contributed by atoms with Gasteiger partial charge in [-0.3, -0.25) is 4.79 Å². The van der Waals surface area contributed by atoms with Crippen LogP contribution in [0.3, 0.4) is 0 Å². The van der Waals surface area contributed by atoms with E-state index in [0.29, 0.717) is 28.0 Å². The summed E-state index contributed by atoms with van der Waals surface area (Å²) in [7, 11) is 1.52. The van der Waals surface area contributed by atoms with Crippen molar-refractivity contribution < 1.29 is 14.6 Å². The number of thioether (sulfide) groups is 1. The number of halogens is 1. The van der Waals surface area contributed by atoms with Crippen LogP contribution < -0.4 is 15.0 Å². The van der Waals surface area contributed by atoms with Crippen LogP contribution in [0, 0.1) is 0 Å². The van der Waals surface area contributed by atoms with Crippen LogP contribution in [0.4, 0.5) is 0 Å². The minimum atomic E-state index is -0.970. The molecule has 3 rings (SSSR count). The third kappa shape index (κ3) is 6.01. The normalized spacial score (nSPS) is 11.4. The van der Waals surface area contributed by atoms with Crippen molar-refractivity contribution in [2.45, 2.75) is 30.1 Å². The molecule has 0 radical (unpaired) electrons. The third-order valence-electron chi connectivity index (χ3n) is 4.05. The molecule has 0 amide bonds. The third-order valence-corrected chi connectivity index (χ3v) is 5.38. The molecule has 0 aliphatic heterocycles. The second-order valence-electron chi connectivity index (χ2n) is 7.29. The number of nitrogens with zero attached hydrogens (tertiary/aromatic N) is 2. The number of aromatic nitrogens is 2. The second-order valence-corrected chi connectivity index (χ2v) is 8.78. The second kappa shape index (κ2) is 9.55. The highest BCUT2D eigenvalue weighted by molar-refractivity contribution is 7.98. The maximum Gasteiger partial charge on any atom is 0.271 e. The summed E-state index contributed by atoms with van der Waals surface area (Å²) >= 11 is 7.51. The minimum Gasteiger partial charge on any atom is -0.493 e. The van der Waals surface area contributed by atoms with E-state index in [1.54, 1.807) is 56.1 Å². The molecular weight excluding hydrogens is 424 g/mol. The van der Waals surface area contributed by atoms with Crippen LogP contribution in [0.1, 0.15) is 19.4 Å². The van der Waals surface area contributed by atoms with Gasteiger partial charge in [0.05, 0.1) is 24.6 Å². The zero-order valence-electron chi connectivity index (χ0n) is 17.0. The molecule has 1 aromatic heterocycles. The summed E-state index contributed by atoms with van der Waals surface area (Å²) in [6.45, 7) is 3.43. The van der Waals surface area contributed by atoms with Crippen molar-refractivity contribution in [3.63, 3.8) is 0 Å². The first kappa shape index (κ1) is 22.2. The Morgan fingerprint density at radius 1 is 1.13 bits per heavy atom. The maximum atomic E-state index is 12.6. The molecule has 0 saturated heterocycles. The lowest BCUT2D eigenvalue weighted by Gasteiger charge is -2.19. The molecule has 0 saturated carbocycles. The van der Waals surface area contributed by atoms with Crippen LogP contribution in [0.15, 0.2) is 64.4 Å². The largest absolute Gasteiger partial charge is 0.493 e. The van der Waals surface area contributed by atoms with Crippen LogP contribution in [-0.4, -0.2) is 34.2 Å². The van der Waals surface area contributed by atoms with E-state index in [1.165, 1.54) is 11.8 Å². The van der Waals surface area contributed by atoms with E-state index in [0.717, 1.165) is 10.5 Å². The molecule has 0 aliphatic carbocycles. The fourth-order valence-electron chi connectivity index (χ4n) is 2.58. The van der Waals surface area contributed by atoms with Gasteiger partial charge in [0.15, 0.2) is 11.5 Å². The Morgan fingerprint density at radius 3 is 2.50 bits per heavy atom. The molecular formula is C22H23ClN2O4S. The van der Waals surface area contributed by atoms with E-state index in [4.69, 9.17) is 21.1 Å². The predicted molar refractivity (Wildman–Crippen MR) is 119 cm³/mol. The molecule has 8 heteroatoms. The minimum absolute atomic E-state index is 0.112. The lowest BCUT2D eigenvalue weighted by Crippen LogP contribution is -2.28. The average Bonchev–Trinajstić information content (AvgIpc) is 2.71. The lowest BCUT2D eigenvalue weighted by atomic mass is 10.2. The lowest BCUT2D eigenvalue weighted by molar-refractivity contribution is 0.0276. The van der Waals surface area contributed by atoms with Crippen molar-refractivity contribution in [1.29, 1.82) is 0 Å². The predicted octanol–water partition coefficient (Wildman–Crippen LogP) is 4.34. The van der Waals surface area contributed by atoms with E-state index in [9.17, 15) is 9.90 Å². The number of aliphatic hydroxyl groups is 1. The first-order chi connectivity index (χ1) is 14.2. The standard InChI is InChI=1S/C22H23ClN2O4S/c1-22(2,27)14-29-19-9-6-17(11-20(19)28-3)25-21(26)10-15(12-24-25)13-30-18-7-4-16(23)5-8-18/h4-12,27H,13-14H2,1-3H3. The van der Waals surface area contributed by atoms with E-state index < -0.39 is 5.60 Å². The highest BCUT2D eigenvalue weighted by Gasteiger charge is 2.16. The Kier molecular flexibility index (Phi) is 7.07. The molecule has 0 fully saturated rings. The molecule has 1 N–H and O–H groups in total. The maximum absolute atomic E-state index is 12.6. The van der Waals surface area contributed by atoms with Gasteiger partial charge in [-0.15, -0.1) is 11.8 Å². The molecule has 0 atom stereocenters. The summed E-state index contributed by atoms with van der Waals surface area (Å²) in [5.41, 5.74) is 0.177. The Labute approximate surface area is 184 Å². The number of hydrogen-bond donors (Lipinski definition) is 1. The number of methoxy groups -OCH3 is 1. The van der Waals surface area contributed by atoms with Crippen molar-refractivity contribution in [1.82, 2.24) is 9.78 Å². The van der Waals surface area contributed by atoms with Crippen LogP contribution in [-0.2, 0) is 5.75 Å². The molecule has 30 heavy (non-hydrogen) atoms. The number of ether oxygens (including phenoxy) is 2. The van der Waals surface area contributed by atoms with Crippen molar-refractivity contribution >= 4 is 23.4 Å². The van der Waals surface area contributed by atoms with E-state index in [1.807, 2.05) is 24.3 Å². The zero-order valence-corrected chi connectivity index (χ0v) is 18.5. The summed E-state index contributed by atoms with van der Waals surface area (Å²) in [6, 6.07) is 14.2. The van der Waals surface area contributed by atoms with Crippen LogP contribution in [0.2, 0.25) is 5.02 Å². The van der Waals surface area contributed by atoms with Crippen molar-refractivity contribution in [3.8, 4) is 17.2 Å². The number of benzene rings is 2. The Morgan fingerprint density at radius 2 is 1.87 bits per heavy atom. The first-order valence-corrected chi connectivity index (χ1v) is 10.6. The van der Waals surface area contributed by atoms with Crippen molar-refractivity contribution in [2.24, 2.45) is 0 Å². The summed E-state index contributed by atoms with van der Waals surface area (Å²) in [6.07, 6.45) is 1.68. The molecule has 2 aromatic carbocycles. The van der Waals surface area contributed by atoms with Gasteiger partial charge in [0.1, 0.15) is 6.61 Å². The monoisotopic (exact) mass is 446 g/mol. The molecule has 0 bridgehead atoms. The van der Waals surface area contributed by atoms with Crippen LogP contribution in [0.5, 0.6) is 11.5 Å². The Balaban J connectivity index is 1.75.